The molecule has 0 aromatic heterocycles. The van der Waals surface area contributed by atoms with Gasteiger partial charge in [-0.15, -0.1) is 0 Å². The van der Waals surface area contributed by atoms with Crippen LogP contribution in [0, 0.1) is 0 Å². The Labute approximate surface area is 113 Å². The Morgan fingerprint density at radius 3 is 2.17 bits per heavy atom. The summed E-state index contributed by atoms with van der Waals surface area (Å²) in [5.74, 6) is 0. The minimum Gasteiger partial charge on any atom is -1.00 e. The van der Waals surface area contributed by atoms with Crippen LogP contribution >= 0.6 is 0 Å². The van der Waals surface area contributed by atoms with E-state index in [9.17, 15) is 8.63 Å². The zero-order valence-electron chi connectivity index (χ0n) is 7.10. The van der Waals surface area contributed by atoms with Crippen molar-refractivity contribution in [2.24, 2.45) is 0 Å². The summed E-state index contributed by atoms with van der Waals surface area (Å²) in [5.41, 5.74) is 0. The summed E-state index contributed by atoms with van der Waals surface area (Å²) in [5, 5.41) is 0. The summed E-state index contributed by atoms with van der Waals surface area (Å²) in [4.78, 5) is 1.72. The second kappa shape index (κ2) is 8.99. The maximum atomic E-state index is 11.7. The van der Waals surface area contributed by atoms with Gasteiger partial charge in [0.15, 0.2) is 0 Å². The maximum Gasteiger partial charge on any atom is 1.00 e. The van der Waals surface area contributed by atoms with Crippen molar-refractivity contribution in [2.45, 2.75) is 0 Å². The molecule has 0 bridgehead atoms. The minimum absolute atomic E-state index is 0. The quantitative estimate of drug-likeness (QED) is 0.418. The van der Waals surface area contributed by atoms with Crippen molar-refractivity contribution in [3.05, 3.63) is 0 Å². The maximum absolute atomic E-state index is 11.7. The number of nitrogens with zero attached hydrogens (tertiary/aromatic N) is 1. The first-order valence-electron chi connectivity index (χ1n) is 3.37. The van der Waals surface area contributed by atoms with Gasteiger partial charge in [0.05, 0.1) is 13.2 Å². The van der Waals surface area contributed by atoms with E-state index in [-0.39, 0.29) is 62.5 Å². The zero-order chi connectivity index (χ0) is 7.40. The van der Waals surface area contributed by atoms with E-state index in [1.165, 1.54) is 0 Å². The first-order chi connectivity index (χ1) is 4.79. The zero-order valence-corrected chi connectivity index (χ0v) is 10.2. The number of hydrogen-bond acceptors (Lipinski definition) is 2. The first-order valence-corrected chi connectivity index (χ1v) is 3.37. The normalized spacial score (nSPS) is 17.5. The predicted octanol–water partition coefficient (Wildman–Crippen LogP) is -5.71. The average Bonchev–Trinajstić information content (AvgIpc) is 1.88. The number of morpholine rings is 1. The van der Waals surface area contributed by atoms with Crippen LogP contribution in [0.3, 0.4) is 0 Å². The van der Waals surface area contributed by atoms with E-state index in [2.05, 4.69) is 0 Å². The monoisotopic (exact) mass is 207 g/mol. The summed E-state index contributed by atoms with van der Waals surface area (Å²) in [7, 11) is -2.21. The molecule has 1 aliphatic rings. The molecule has 7 heteroatoms. The molecule has 0 aromatic carbocycles. The van der Waals surface area contributed by atoms with Crippen molar-refractivity contribution < 1.29 is 69.5 Å². The van der Waals surface area contributed by atoms with Crippen LogP contribution in [-0.4, -0.2) is 44.9 Å². The fraction of sp³-hybridized carbons (Fsp3) is 1.00. The molecular weight excluding hydrogens is 197 g/mol. The summed E-state index contributed by atoms with van der Waals surface area (Å²) < 4.78 is 28.5. The molecule has 0 amide bonds. The van der Waals surface area contributed by atoms with E-state index in [1.54, 1.807) is 4.90 Å². The average molecular weight is 207 g/mol. The molecule has 0 atom stereocenters. The van der Waals surface area contributed by atoms with Gasteiger partial charge < -0.3 is 14.3 Å². The van der Waals surface area contributed by atoms with Gasteiger partial charge in [-0.3, -0.25) is 8.63 Å². The molecule has 1 aliphatic heterocycles. The van der Waals surface area contributed by atoms with Crippen LogP contribution in [0.1, 0.15) is 0 Å². The number of halogens is 3. The third-order valence-electron chi connectivity index (χ3n) is 1.50. The van der Waals surface area contributed by atoms with E-state index in [0.29, 0.717) is 26.3 Å². The Hall–Kier alpha value is 1.41. The van der Waals surface area contributed by atoms with E-state index >= 15 is 0 Å². The Morgan fingerprint density at radius 2 is 1.75 bits per heavy atom. The van der Waals surface area contributed by atoms with Gasteiger partial charge in [0.25, 0.3) is 0 Å². The van der Waals surface area contributed by atoms with E-state index in [0.717, 1.165) is 0 Å². The van der Waals surface area contributed by atoms with Gasteiger partial charge in [0.2, 0.25) is 0 Å². The summed E-state index contributed by atoms with van der Waals surface area (Å²) in [6.45, 7) is 2.47. The van der Waals surface area contributed by atoms with Crippen LogP contribution in [0.4, 0.5) is 8.63 Å². The van der Waals surface area contributed by atoms with Crippen LogP contribution in [0.15, 0.2) is 0 Å². The van der Waals surface area contributed by atoms with E-state index in [4.69, 9.17) is 4.74 Å². The molecule has 0 aromatic rings. The molecule has 66 valence electrons. The second-order valence-electron chi connectivity index (χ2n) is 2.30. The van der Waals surface area contributed by atoms with E-state index < -0.39 is 7.27 Å². The molecule has 0 spiro atoms. The molecule has 1 saturated heterocycles. The van der Waals surface area contributed by atoms with Gasteiger partial charge in [-0.05, 0) is 0 Å². The molecule has 0 saturated carbocycles. The fourth-order valence-corrected chi connectivity index (χ4v) is 0.979. The molecular formula is C5H10BF3KNO. The van der Waals surface area contributed by atoms with Gasteiger partial charge in [0, 0.05) is 19.5 Å². The van der Waals surface area contributed by atoms with Crippen molar-refractivity contribution >= 4 is 7.27 Å². The smallest absolute Gasteiger partial charge is 1.00 e. The van der Waals surface area contributed by atoms with Crippen LogP contribution in [0.5, 0.6) is 0 Å². The summed E-state index contributed by atoms with van der Waals surface area (Å²) in [6.07, 6.45) is -0.108. The summed E-state index contributed by atoms with van der Waals surface area (Å²) >= 11 is 0. The molecule has 1 rings (SSSR count). The van der Waals surface area contributed by atoms with Crippen molar-refractivity contribution in [1.29, 1.82) is 0 Å². The molecule has 0 aliphatic carbocycles. The largest absolute Gasteiger partial charge is 1.00 e. The van der Waals surface area contributed by atoms with Gasteiger partial charge in [-0.25, -0.2) is 0 Å². The van der Waals surface area contributed by atoms with Crippen LogP contribution in [0.25, 0.3) is 0 Å². The van der Waals surface area contributed by atoms with Crippen LogP contribution < -0.4 is 56.1 Å². The molecule has 0 N–H and O–H groups in total. The molecule has 2 nitrogen and oxygen atoms in total. The standard InChI is InChI=1S/C5H10BF2NO.FH.K/c7-6(8)5-9-1-3-10-4-2-9;;/h1-5H2;1H;/q;;+1/p-1. The molecule has 1 fully saturated rings. The Kier molecular flexibility index (Phi) is 11.9. The molecule has 0 radical (unpaired) electrons. The number of ether oxygens (including phenoxy) is 1. The third kappa shape index (κ3) is 6.88. The van der Waals surface area contributed by atoms with Crippen molar-refractivity contribution in [3.8, 4) is 0 Å². The minimum atomic E-state index is -2.21. The van der Waals surface area contributed by atoms with Gasteiger partial charge >= 0.3 is 58.7 Å². The van der Waals surface area contributed by atoms with Crippen LogP contribution in [-0.2, 0) is 4.74 Å². The fourth-order valence-electron chi connectivity index (χ4n) is 0.979. The van der Waals surface area contributed by atoms with Gasteiger partial charge in [-0.2, -0.15) is 0 Å². The second-order valence-corrected chi connectivity index (χ2v) is 2.30. The SMILES string of the molecule is FB(F)CN1CCOCC1.[F-].[K+]. The van der Waals surface area contributed by atoms with Crippen LogP contribution in [0.2, 0.25) is 0 Å². The van der Waals surface area contributed by atoms with Crippen molar-refractivity contribution in [2.75, 3.05) is 32.7 Å². The first kappa shape index (κ1) is 15.9. The Morgan fingerprint density at radius 1 is 1.25 bits per heavy atom. The molecule has 0 unspecified atom stereocenters. The summed E-state index contributed by atoms with van der Waals surface area (Å²) in [6, 6.07) is 0. The van der Waals surface area contributed by atoms with Gasteiger partial charge in [0.1, 0.15) is 0 Å². The number of rotatable bonds is 2. The third-order valence-corrected chi connectivity index (χ3v) is 1.50. The topological polar surface area (TPSA) is 12.5 Å². The Bertz CT molecular complexity index is 105. The number of hydrogen-bond donors (Lipinski definition) is 0. The molecule has 12 heavy (non-hydrogen) atoms. The van der Waals surface area contributed by atoms with E-state index in [1.807, 2.05) is 0 Å². The molecule has 1 heterocycles. The van der Waals surface area contributed by atoms with Gasteiger partial charge in [-0.1, -0.05) is 0 Å². The van der Waals surface area contributed by atoms with Crippen molar-refractivity contribution in [1.82, 2.24) is 4.90 Å². The predicted molar refractivity (Wildman–Crippen MR) is 35.2 cm³/mol. The van der Waals surface area contributed by atoms with Crippen molar-refractivity contribution in [3.63, 3.8) is 0 Å². The Balaban J connectivity index is 0.